The fraction of sp³-hybridized carbons (Fsp3) is 0.333. The highest BCUT2D eigenvalue weighted by atomic mass is 32.2. The molecule has 2 aromatic rings. The van der Waals surface area contributed by atoms with Crippen molar-refractivity contribution in [3.63, 3.8) is 0 Å². The van der Waals surface area contributed by atoms with E-state index in [0.717, 1.165) is 6.26 Å². The number of nitrogens with one attached hydrogen (secondary N) is 1. The molecule has 0 bridgehead atoms. The first kappa shape index (κ1) is 17.2. The molecule has 0 spiro atoms. The summed E-state index contributed by atoms with van der Waals surface area (Å²) in [6.07, 6.45) is 1.36. The molecule has 0 radical (unpaired) electrons. The van der Waals surface area contributed by atoms with E-state index in [2.05, 4.69) is 9.97 Å². The Labute approximate surface area is 143 Å². The summed E-state index contributed by atoms with van der Waals surface area (Å²) < 4.78 is 23.1. The zero-order valence-corrected chi connectivity index (χ0v) is 14.2. The smallest absolute Gasteiger partial charge is 0.256 e. The zero-order valence-electron chi connectivity index (χ0n) is 13.4. The number of aromatic amines is 1. The summed E-state index contributed by atoms with van der Waals surface area (Å²) in [5, 5.41) is 28.5. The van der Waals surface area contributed by atoms with Crippen molar-refractivity contribution >= 4 is 9.84 Å². The van der Waals surface area contributed by atoms with E-state index in [-0.39, 0.29) is 18.2 Å². The maximum absolute atomic E-state index is 12.2. The summed E-state index contributed by atoms with van der Waals surface area (Å²) in [5.41, 5.74) is 0.711. The highest BCUT2D eigenvalue weighted by molar-refractivity contribution is 7.90. The second-order valence-electron chi connectivity index (χ2n) is 5.97. The van der Waals surface area contributed by atoms with Crippen molar-refractivity contribution in [1.29, 1.82) is 0 Å². The minimum absolute atomic E-state index is 0.225. The predicted molar refractivity (Wildman–Crippen MR) is 87.2 cm³/mol. The van der Waals surface area contributed by atoms with Crippen LogP contribution < -0.4 is 5.56 Å². The van der Waals surface area contributed by atoms with Crippen molar-refractivity contribution in [2.24, 2.45) is 0 Å². The Morgan fingerprint density at radius 1 is 1.24 bits per heavy atom. The number of nitrogens with zero attached hydrogens (tertiary/aromatic N) is 2. The van der Waals surface area contributed by atoms with Gasteiger partial charge in [0.25, 0.3) is 5.56 Å². The third kappa shape index (κ3) is 3.30. The van der Waals surface area contributed by atoms with Crippen LogP contribution in [-0.2, 0) is 29.3 Å². The van der Waals surface area contributed by atoms with Crippen LogP contribution in [0.4, 0.5) is 0 Å². The molecule has 0 saturated heterocycles. The molecule has 0 saturated carbocycles. The molecule has 1 aromatic heterocycles. The van der Waals surface area contributed by atoms with Crippen molar-refractivity contribution in [2.45, 2.75) is 24.7 Å². The van der Waals surface area contributed by atoms with Crippen molar-refractivity contribution in [2.75, 3.05) is 12.8 Å². The molecule has 134 valence electrons. The molecule has 0 unspecified atom stereocenters. The molecule has 0 amide bonds. The molecule has 1 aliphatic rings. The van der Waals surface area contributed by atoms with Crippen molar-refractivity contribution in [1.82, 2.24) is 14.9 Å². The summed E-state index contributed by atoms with van der Waals surface area (Å²) in [6, 6.07) is 2.75. The third-order valence-corrected chi connectivity index (χ3v) is 4.98. The van der Waals surface area contributed by atoms with Gasteiger partial charge in [0.15, 0.2) is 11.5 Å². The monoisotopic (exact) mass is 367 g/mol. The van der Waals surface area contributed by atoms with Gasteiger partial charge in [-0.3, -0.25) is 14.7 Å². The van der Waals surface area contributed by atoms with E-state index in [1.165, 1.54) is 12.1 Å². The van der Waals surface area contributed by atoms with Gasteiger partial charge in [-0.15, -0.1) is 0 Å². The largest absolute Gasteiger partial charge is 0.504 e. The Hall–Kier alpha value is -2.59. The minimum Gasteiger partial charge on any atom is -0.504 e. The van der Waals surface area contributed by atoms with Crippen molar-refractivity contribution in [3.05, 3.63) is 39.3 Å². The lowest BCUT2D eigenvalue weighted by molar-refractivity contribution is 0.236. The number of phenols is 3. The van der Waals surface area contributed by atoms with Gasteiger partial charge in [-0.2, -0.15) is 0 Å². The van der Waals surface area contributed by atoms with Crippen LogP contribution in [0.25, 0.3) is 0 Å². The predicted octanol–water partition coefficient (Wildman–Crippen LogP) is -0.152. The fourth-order valence-corrected chi connectivity index (χ4v) is 3.30. The van der Waals surface area contributed by atoms with Crippen LogP contribution in [0.5, 0.6) is 17.2 Å². The van der Waals surface area contributed by atoms with Gasteiger partial charge in [-0.1, -0.05) is 6.07 Å². The van der Waals surface area contributed by atoms with E-state index < -0.39 is 32.6 Å². The Morgan fingerprint density at radius 2 is 1.96 bits per heavy atom. The van der Waals surface area contributed by atoms with E-state index in [4.69, 9.17) is 0 Å². The average molecular weight is 367 g/mol. The molecule has 9 nitrogen and oxygen atoms in total. The first-order valence-corrected chi connectivity index (χ1v) is 9.33. The van der Waals surface area contributed by atoms with Crippen molar-refractivity contribution < 1.29 is 23.7 Å². The van der Waals surface area contributed by atoms with Gasteiger partial charge >= 0.3 is 0 Å². The molecular formula is C15H17N3O6S. The summed E-state index contributed by atoms with van der Waals surface area (Å²) in [7, 11) is -3.60. The number of aromatic nitrogens is 2. The summed E-state index contributed by atoms with van der Waals surface area (Å²) >= 11 is 0. The lowest BCUT2D eigenvalue weighted by Crippen LogP contribution is -2.36. The highest BCUT2D eigenvalue weighted by Crippen LogP contribution is 2.37. The van der Waals surface area contributed by atoms with Crippen LogP contribution in [0.3, 0.4) is 0 Å². The van der Waals surface area contributed by atoms with Gasteiger partial charge in [0.2, 0.25) is 20.7 Å². The maximum atomic E-state index is 12.2. The van der Waals surface area contributed by atoms with Gasteiger partial charge in [0.1, 0.15) is 0 Å². The Balaban J connectivity index is 1.87. The van der Waals surface area contributed by atoms with Gasteiger partial charge in [0.05, 0.1) is 11.3 Å². The maximum Gasteiger partial charge on any atom is 0.256 e. The van der Waals surface area contributed by atoms with Crippen LogP contribution in [0.15, 0.2) is 22.1 Å². The number of sulfone groups is 1. The molecular weight excluding hydrogens is 350 g/mol. The number of rotatable bonds is 3. The molecule has 0 atom stereocenters. The number of benzene rings is 1. The standard InChI is InChI=1S/C15H17N3O6S/c1-25(23,24)15-16-10-4-5-18(7-9(10)14(22)17-15)6-8-2-3-11(19)13(21)12(8)20/h2-3,19-21H,4-7H2,1H3,(H,16,17,22). The van der Waals surface area contributed by atoms with Crippen LogP contribution in [-0.4, -0.2) is 51.4 Å². The van der Waals surface area contributed by atoms with E-state index in [1.54, 1.807) is 0 Å². The second kappa shape index (κ2) is 6.05. The quantitative estimate of drug-likeness (QED) is 0.433. The minimum atomic E-state index is -3.60. The second-order valence-corrected chi connectivity index (χ2v) is 7.90. The molecule has 0 fully saturated rings. The number of hydrogen-bond acceptors (Lipinski definition) is 8. The molecule has 0 aliphatic carbocycles. The van der Waals surface area contributed by atoms with Gasteiger partial charge < -0.3 is 15.3 Å². The number of hydrogen-bond donors (Lipinski definition) is 4. The van der Waals surface area contributed by atoms with Crippen LogP contribution in [0.2, 0.25) is 0 Å². The Morgan fingerprint density at radius 3 is 2.64 bits per heavy atom. The van der Waals surface area contributed by atoms with Gasteiger partial charge in [0, 0.05) is 37.9 Å². The summed E-state index contributed by atoms with van der Waals surface area (Å²) in [4.78, 5) is 20.4. The molecule has 1 aliphatic heterocycles. The molecule has 10 heteroatoms. The normalized spacial score (nSPS) is 15.1. The van der Waals surface area contributed by atoms with E-state index >= 15 is 0 Å². The van der Waals surface area contributed by atoms with Crippen LogP contribution in [0, 0.1) is 0 Å². The number of fused-ring (bicyclic) bond motifs is 1. The first-order chi connectivity index (χ1) is 11.7. The summed E-state index contributed by atoms with van der Waals surface area (Å²) in [6.45, 7) is 0.961. The highest BCUT2D eigenvalue weighted by Gasteiger charge is 2.24. The number of aromatic hydroxyl groups is 3. The number of phenolic OH excluding ortho intramolecular Hbond substituents is 3. The molecule has 2 heterocycles. The average Bonchev–Trinajstić information content (AvgIpc) is 2.55. The molecule has 3 rings (SSSR count). The first-order valence-electron chi connectivity index (χ1n) is 7.44. The van der Waals surface area contributed by atoms with Gasteiger partial charge in [-0.25, -0.2) is 13.4 Å². The Bertz CT molecular complexity index is 999. The zero-order chi connectivity index (χ0) is 18.4. The van der Waals surface area contributed by atoms with E-state index in [1.807, 2.05) is 4.90 Å². The summed E-state index contributed by atoms with van der Waals surface area (Å²) in [5.74, 6) is -1.42. The van der Waals surface area contributed by atoms with Crippen molar-refractivity contribution in [3.8, 4) is 17.2 Å². The number of H-pyrrole nitrogens is 1. The lowest BCUT2D eigenvalue weighted by atomic mass is 10.1. The fourth-order valence-electron chi connectivity index (χ4n) is 2.75. The molecule has 25 heavy (non-hydrogen) atoms. The third-order valence-electron chi connectivity index (χ3n) is 4.08. The topological polar surface area (TPSA) is 144 Å². The van der Waals surface area contributed by atoms with Crippen LogP contribution >= 0.6 is 0 Å². The van der Waals surface area contributed by atoms with Crippen LogP contribution in [0.1, 0.15) is 16.8 Å². The molecule has 1 aromatic carbocycles. The Kier molecular flexibility index (Phi) is 4.17. The van der Waals surface area contributed by atoms with E-state index in [9.17, 15) is 28.5 Å². The SMILES string of the molecule is CS(=O)(=O)c1nc2c(c(=O)[nH]1)CN(Cc1ccc(O)c(O)c1O)CC2. The van der Waals surface area contributed by atoms with E-state index in [0.29, 0.717) is 29.8 Å². The lowest BCUT2D eigenvalue weighted by Gasteiger charge is -2.27. The van der Waals surface area contributed by atoms with Gasteiger partial charge in [-0.05, 0) is 6.07 Å². The molecule has 4 N–H and O–H groups in total.